The molecule has 0 aliphatic carbocycles. The van der Waals surface area contributed by atoms with Crippen molar-refractivity contribution < 1.29 is 4.74 Å². The largest absolute Gasteiger partial charge is 0.436 e. The van der Waals surface area contributed by atoms with Gasteiger partial charge in [0.2, 0.25) is 5.88 Å². The summed E-state index contributed by atoms with van der Waals surface area (Å²) in [4.78, 5) is 8.44. The Kier molecular flexibility index (Phi) is 2.11. The molecule has 1 aliphatic rings. The minimum absolute atomic E-state index is 0.396. The lowest BCUT2D eigenvalue weighted by molar-refractivity contribution is 0.465. The number of hydrogen-bond donors (Lipinski definition) is 0. The summed E-state index contributed by atoms with van der Waals surface area (Å²) in [5, 5.41) is 0.396. The lowest BCUT2D eigenvalue weighted by Crippen LogP contribution is -1.94. The number of aliphatic imine (C=N–C) groups is 1. The van der Waals surface area contributed by atoms with E-state index < -0.39 is 0 Å². The van der Waals surface area contributed by atoms with Crippen molar-refractivity contribution in [2.75, 3.05) is 0 Å². The van der Waals surface area contributed by atoms with E-state index in [1.54, 1.807) is 12.3 Å². The van der Waals surface area contributed by atoms with E-state index in [-0.39, 0.29) is 0 Å². The second-order valence-electron chi connectivity index (χ2n) is 3.33. The Balaban J connectivity index is 2.25. The highest BCUT2D eigenvalue weighted by atomic mass is 35.5. The van der Waals surface area contributed by atoms with E-state index >= 15 is 0 Å². The van der Waals surface area contributed by atoms with Gasteiger partial charge in [0.25, 0.3) is 0 Å². The second-order valence-corrected chi connectivity index (χ2v) is 3.69. The van der Waals surface area contributed by atoms with Crippen molar-refractivity contribution in [3.63, 3.8) is 0 Å². The Labute approximate surface area is 97.4 Å². The first-order valence-corrected chi connectivity index (χ1v) is 5.19. The number of rotatable bonds is 0. The summed E-state index contributed by atoms with van der Waals surface area (Å²) in [5.41, 5.74) is 1.42. The quantitative estimate of drug-likeness (QED) is 0.694. The molecule has 4 heteroatoms. The molecule has 0 N–H and O–H groups in total. The van der Waals surface area contributed by atoms with Crippen LogP contribution in [0.1, 0.15) is 5.56 Å². The lowest BCUT2D eigenvalue weighted by Gasteiger charge is -2.05. The molecule has 1 aromatic carbocycles. The van der Waals surface area contributed by atoms with Crippen LogP contribution in [0.25, 0.3) is 0 Å². The fourth-order valence-corrected chi connectivity index (χ4v) is 1.77. The zero-order valence-corrected chi connectivity index (χ0v) is 8.98. The van der Waals surface area contributed by atoms with Crippen molar-refractivity contribution in [1.82, 2.24) is 4.98 Å². The van der Waals surface area contributed by atoms with Gasteiger partial charge in [0, 0.05) is 6.20 Å². The summed E-state index contributed by atoms with van der Waals surface area (Å²) in [6, 6.07) is 11.1. The molecule has 0 saturated heterocycles. The molecule has 0 amide bonds. The summed E-state index contributed by atoms with van der Waals surface area (Å²) < 4.78 is 5.66. The van der Waals surface area contributed by atoms with Crippen LogP contribution in [0.2, 0.25) is 0 Å². The monoisotopic (exact) mass is 230 g/mol. The minimum atomic E-state index is 0.396. The van der Waals surface area contributed by atoms with Crippen molar-refractivity contribution in [3.05, 3.63) is 48.2 Å². The second kappa shape index (κ2) is 3.61. The van der Waals surface area contributed by atoms with Crippen molar-refractivity contribution in [3.8, 4) is 11.6 Å². The van der Waals surface area contributed by atoms with Gasteiger partial charge in [-0.05, 0) is 24.3 Å². The number of fused-ring (bicyclic) bond motifs is 2. The van der Waals surface area contributed by atoms with Gasteiger partial charge in [0.05, 0.1) is 5.56 Å². The molecular formula is C12H7ClN2O. The standard InChI is InChI=1S/C12H7ClN2O/c13-11-8-4-3-7-14-12(8)16-10-6-2-1-5-9(10)15-11/h1-7H. The maximum absolute atomic E-state index is 6.11. The molecule has 3 rings (SSSR count). The normalized spacial score (nSPS) is 12.9. The van der Waals surface area contributed by atoms with Gasteiger partial charge in [-0.25, -0.2) is 9.98 Å². The zero-order valence-electron chi connectivity index (χ0n) is 8.22. The molecule has 0 radical (unpaired) electrons. The highest BCUT2D eigenvalue weighted by molar-refractivity contribution is 6.70. The number of aromatic nitrogens is 1. The van der Waals surface area contributed by atoms with E-state index in [2.05, 4.69) is 9.98 Å². The number of benzene rings is 1. The van der Waals surface area contributed by atoms with Gasteiger partial charge < -0.3 is 4.74 Å². The first kappa shape index (κ1) is 9.36. The van der Waals surface area contributed by atoms with Gasteiger partial charge in [-0.3, -0.25) is 0 Å². The Hall–Kier alpha value is -1.87. The van der Waals surface area contributed by atoms with Crippen LogP contribution < -0.4 is 4.74 Å². The molecule has 0 atom stereocenters. The molecule has 0 unspecified atom stereocenters. The predicted molar refractivity (Wildman–Crippen MR) is 62.8 cm³/mol. The summed E-state index contributed by atoms with van der Waals surface area (Å²) in [7, 11) is 0. The third-order valence-electron chi connectivity index (χ3n) is 2.28. The smallest absolute Gasteiger partial charge is 0.229 e. The van der Waals surface area contributed by atoms with Gasteiger partial charge in [0.1, 0.15) is 10.9 Å². The van der Waals surface area contributed by atoms with E-state index in [1.807, 2.05) is 30.3 Å². The molecule has 1 aromatic heterocycles. The Morgan fingerprint density at radius 1 is 1.06 bits per heavy atom. The highest BCUT2D eigenvalue weighted by Crippen LogP contribution is 2.36. The van der Waals surface area contributed by atoms with Crippen LogP contribution in [0.3, 0.4) is 0 Å². The van der Waals surface area contributed by atoms with E-state index in [0.717, 1.165) is 0 Å². The molecule has 16 heavy (non-hydrogen) atoms. The highest BCUT2D eigenvalue weighted by Gasteiger charge is 2.16. The molecule has 2 aromatic rings. The summed E-state index contributed by atoms with van der Waals surface area (Å²) in [6.45, 7) is 0. The first-order valence-electron chi connectivity index (χ1n) is 4.81. The number of halogens is 1. The van der Waals surface area contributed by atoms with Gasteiger partial charge in [0.15, 0.2) is 5.75 Å². The van der Waals surface area contributed by atoms with Gasteiger partial charge >= 0.3 is 0 Å². The Morgan fingerprint density at radius 3 is 2.88 bits per heavy atom. The van der Waals surface area contributed by atoms with Crippen LogP contribution in [0.4, 0.5) is 5.69 Å². The Bertz CT molecular complexity index is 581. The average Bonchev–Trinajstić information content (AvgIpc) is 2.45. The summed E-state index contributed by atoms with van der Waals surface area (Å²) in [5.74, 6) is 1.15. The zero-order chi connectivity index (χ0) is 11.0. The van der Waals surface area contributed by atoms with Crippen LogP contribution in [-0.4, -0.2) is 10.2 Å². The molecular weight excluding hydrogens is 224 g/mol. The van der Waals surface area contributed by atoms with E-state index in [4.69, 9.17) is 16.3 Å². The van der Waals surface area contributed by atoms with Crippen LogP contribution in [0.15, 0.2) is 47.6 Å². The maximum Gasteiger partial charge on any atom is 0.229 e. The number of para-hydroxylation sites is 2. The van der Waals surface area contributed by atoms with Gasteiger partial charge in [-0.2, -0.15) is 0 Å². The molecule has 0 saturated carbocycles. The molecule has 78 valence electrons. The third-order valence-corrected chi connectivity index (χ3v) is 2.57. The fraction of sp³-hybridized carbons (Fsp3) is 0. The van der Waals surface area contributed by atoms with Crippen LogP contribution in [-0.2, 0) is 0 Å². The number of hydrogen-bond acceptors (Lipinski definition) is 3. The predicted octanol–water partition coefficient (Wildman–Crippen LogP) is 3.50. The van der Waals surface area contributed by atoms with Gasteiger partial charge in [-0.1, -0.05) is 23.7 Å². The van der Waals surface area contributed by atoms with E-state index in [1.165, 1.54) is 0 Å². The summed E-state index contributed by atoms with van der Waals surface area (Å²) >= 11 is 6.11. The van der Waals surface area contributed by atoms with Gasteiger partial charge in [-0.15, -0.1) is 0 Å². The fourth-order valence-electron chi connectivity index (χ4n) is 1.54. The van der Waals surface area contributed by atoms with E-state index in [0.29, 0.717) is 28.1 Å². The van der Waals surface area contributed by atoms with Crippen molar-refractivity contribution in [2.45, 2.75) is 0 Å². The molecule has 0 bridgehead atoms. The molecule has 0 spiro atoms. The van der Waals surface area contributed by atoms with Crippen molar-refractivity contribution in [1.29, 1.82) is 0 Å². The third kappa shape index (κ3) is 1.46. The van der Waals surface area contributed by atoms with Crippen molar-refractivity contribution in [2.24, 2.45) is 4.99 Å². The van der Waals surface area contributed by atoms with Crippen LogP contribution in [0.5, 0.6) is 11.6 Å². The van der Waals surface area contributed by atoms with Crippen LogP contribution >= 0.6 is 11.6 Å². The molecule has 0 fully saturated rings. The SMILES string of the molecule is ClC1=Nc2ccccc2Oc2ncccc21. The number of ether oxygens (including phenoxy) is 1. The average molecular weight is 231 g/mol. The number of pyridine rings is 1. The Morgan fingerprint density at radius 2 is 1.94 bits per heavy atom. The lowest BCUT2D eigenvalue weighted by atomic mass is 10.3. The molecule has 1 aliphatic heterocycles. The first-order chi connectivity index (χ1) is 7.84. The molecule has 2 heterocycles. The van der Waals surface area contributed by atoms with E-state index in [9.17, 15) is 0 Å². The maximum atomic E-state index is 6.11. The minimum Gasteiger partial charge on any atom is -0.436 e. The van der Waals surface area contributed by atoms with Crippen LogP contribution in [0, 0.1) is 0 Å². The van der Waals surface area contributed by atoms with Crippen molar-refractivity contribution >= 4 is 22.5 Å². The number of nitrogens with zero attached hydrogens (tertiary/aromatic N) is 2. The topological polar surface area (TPSA) is 34.5 Å². The molecule has 3 nitrogen and oxygen atoms in total. The summed E-state index contributed by atoms with van der Waals surface area (Å²) in [6.07, 6.45) is 1.66.